The van der Waals surface area contributed by atoms with Crippen molar-refractivity contribution in [3.05, 3.63) is 460 Å². The van der Waals surface area contributed by atoms with Crippen molar-refractivity contribution in [2.24, 2.45) is 0 Å². The van der Waals surface area contributed by atoms with Crippen molar-refractivity contribution < 1.29 is 4.42 Å². The molecule has 21 aromatic carbocycles. The van der Waals surface area contributed by atoms with Gasteiger partial charge in [-0.15, -0.1) is 11.3 Å². The molecule has 0 amide bonds. The van der Waals surface area contributed by atoms with Crippen LogP contribution >= 0.6 is 11.3 Å². The SMILES string of the molecule is Cc1ccc2c(c1)-c1cccc3c1B1c4c(cccc4N3c3ccc4oc5ccccc5c4c3)-c3ccccc3N12.Cc1ccc2c(c1)-c1cccc3c1B1c4c(cccc4N3c3ccc4sc5ccccc5c4c3)-c3ccccc3N12.c1ccc(-c2ccc3c(c2)-c2cccc4c2B2c5c(cccc5N4c4cccc5c6ccccc6n(-c6ccccc6)c45)-c4cc(-c5ccccc5)ccc4N23)cc1. The van der Waals surface area contributed by atoms with Gasteiger partial charge in [0.05, 0.1) is 16.7 Å². The summed E-state index contributed by atoms with van der Waals surface area (Å²) in [7, 11) is 0. The molecule has 0 bridgehead atoms. The molecule has 9 aliphatic heterocycles. The highest BCUT2D eigenvalue weighted by Crippen LogP contribution is 2.59. The first-order valence-corrected chi connectivity index (χ1v) is 49.4. The number of rotatable bonds is 6. The topological polar surface area (TPSA) is 37.5 Å². The van der Waals surface area contributed by atoms with Crippen LogP contribution in [-0.4, -0.2) is 25.1 Å². The molecule has 0 spiro atoms. The fraction of sp³-hybridized carbons (Fsp3) is 0.0156. The number of thiophene rings is 1. The van der Waals surface area contributed by atoms with E-state index in [0.717, 1.165) is 39.0 Å². The van der Waals surface area contributed by atoms with E-state index in [-0.39, 0.29) is 20.5 Å². The molecule has 0 saturated carbocycles. The van der Waals surface area contributed by atoms with E-state index in [1.807, 2.05) is 23.5 Å². The lowest BCUT2D eigenvalue weighted by Gasteiger charge is -2.49. The van der Waals surface area contributed by atoms with Crippen molar-refractivity contribution in [2.45, 2.75) is 13.8 Å². The number of benzene rings is 21. The molecule has 8 nitrogen and oxygen atoms in total. The number of aromatic nitrogens is 1. The minimum absolute atomic E-state index is 0.00187. The van der Waals surface area contributed by atoms with Crippen molar-refractivity contribution in [3.63, 3.8) is 0 Å². The molecular weight excluding hydrogens is 1720 g/mol. The zero-order valence-electron chi connectivity index (χ0n) is 76.4. The third-order valence-electron chi connectivity index (χ3n) is 31.1. The van der Waals surface area contributed by atoms with Crippen LogP contribution in [0.5, 0.6) is 0 Å². The quantitative estimate of drug-likeness (QED) is 0.154. The number of hydrogen-bond acceptors (Lipinski definition) is 8. The summed E-state index contributed by atoms with van der Waals surface area (Å²) in [5.41, 5.74) is 55.2. The van der Waals surface area contributed by atoms with E-state index in [4.69, 9.17) is 4.42 Å². The van der Waals surface area contributed by atoms with Crippen LogP contribution in [0.2, 0.25) is 0 Å². The molecule has 12 heteroatoms. The third kappa shape index (κ3) is 10.9. The number of fused-ring (bicyclic) bond motifs is 27. The van der Waals surface area contributed by atoms with Gasteiger partial charge in [-0.05, 0) is 272 Å². The Bertz CT molecular complexity index is 9070. The maximum absolute atomic E-state index is 6.20. The molecule has 9 aliphatic rings. The summed E-state index contributed by atoms with van der Waals surface area (Å²) in [5, 5.41) is 7.44. The smallest absolute Gasteiger partial charge is 0.333 e. The summed E-state index contributed by atoms with van der Waals surface area (Å²) in [5.74, 6) is 0. The van der Waals surface area contributed by atoms with Gasteiger partial charge in [0.15, 0.2) is 0 Å². The van der Waals surface area contributed by atoms with Gasteiger partial charge in [0.2, 0.25) is 0 Å². The minimum Gasteiger partial charge on any atom is -0.456 e. The van der Waals surface area contributed by atoms with Crippen molar-refractivity contribution in [1.82, 2.24) is 4.57 Å². The zero-order chi connectivity index (χ0) is 91.5. The fourth-order valence-electron chi connectivity index (χ4n) is 25.5. The highest BCUT2D eigenvalue weighted by molar-refractivity contribution is 7.25. The summed E-state index contributed by atoms with van der Waals surface area (Å²) >= 11 is 1.88. The minimum atomic E-state index is -0.00187. The Morgan fingerprint density at radius 3 is 1.06 bits per heavy atom. The monoisotopic (exact) mass is 1800 g/mol. The first kappa shape index (κ1) is 77.7. The molecule has 0 N–H and O–H groups in total. The molecule has 0 radical (unpaired) electrons. The van der Waals surface area contributed by atoms with Crippen LogP contribution in [0.1, 0.15) is 11.1 Å². The van der Waals surface area contributed by atoms with E-state index >= 15 is 0 Å². The molecule has 0 fully saturated rings. The van der Waals surface area contributed by atoms with Gasteiger partial charge in [0.25, 0.3) is 0 Å². The van der Waals surface area contributed by atoms with Crippen LogP contribution in [0.25, 0.3) is 159 Å². The van der Waals surface area contributed by atoms with Crippen molar-refractivity contribution >= 4 is 214 Å². The summed E-state index contributed by atoms with van der Waals surface area (Å²) < 4.78 is 11.3. The number of hydrogen-bond donors (Lipinski definition) is 0. The molecule has 12 heterocycles. The molecule has 140 heavy (non-hydrogen) atoms. The van der Waals surface area contributed by atoms with Crippen molar-refractivity contribution in [2.75, 3.05) is 29.1 Å². The second-order valence-electron chi connectivity index (χ2n) is 38.4. The van der Waals surface area contributed by atoms with E-state index in [9.17, 15) is 0 Å². The summed E-state index contributed by atoms with van der Waals surface area (Å²) in [6.45, 7) is 4.62. The molecule has 0 aliphatic carbocycles. The molecule has 0 atom stereocenters. The number of nitrogens with zero attached hydrogens (tertiary/aromatic N) is 7. The first-order chi connectivity index (χ1) is 69.3. The van der Waals surface area contributed by atoms with Gasteiger partial charge in [-0.25, -0.2) is 0 Å². The van der Waals surface area contributed by atoms with Crippen LogP contribution < -0.4 is 61.9 Å². The normalized spacial score (nSPS) is 13.5. The Balaban J connectivity index is 0.0000000990. The summed E-state index contributed by atoms with van der Waals surface area (Å²) in [6.07, 6.45) is 0. The third-order valence-corrected chi connectivity index (χ3v) is 32.3. The lowest BCUT2D eigenvalue weighted by atomic mass is 9.41. The van der Waals surface area contributed by atoms with E-state index in [0.29, 0.717) is 0 Å². The van der Waals surface area contributed by atoms with Crippen molar-refractivity contribution in [1.29, 1.82) is 0 Å². The van der Waals surface area contributed by atoms with Gasteiger partial charge in [-0.2, -0.15) is 0 Å². The lowest BCUT2D eigenvalue weighted by Crippen LogP contribution is -2.63. The Morgan fingerprint density at radius 2 is 0.550 bits per heavy atom. The highest BCUT2D eigenvalue weighted by atomic mass is 32.1. The Morgan fingerprint density at radius 1 is 0.200 bits per heavy atom. The standard InChI is InChI=1S/C54H34BN3.C37H23BN2O.C37H23BN2S/c1-4-15-35(16-5-1)37-29-31-47-44(33-37)41-22-12-26-49-52(41)55-53-42(45-34-38(30-32-48(45)58(47)55)36-17-6-2-7-18-36)23-13-27-50(53)57(49)51-28-14-24-43-40-21-10-11-25-46(40)56(54(43)51)39-19-8-3-9-20-39;2*1-22-16-18-31-28(20-22)27-11-7-14-33-37(27)38-36-26(24-8-2-4-12-30(24)40(31)38)10-6-13-32(36)39(33)23-17-19-35-29(21-23)25-9-3-5-15-34(25)41-35/h1-34H;2*2-21H,1H3. The molecule has 33 rings (SSSR count). The molecule has 24 aromatic rings. The second-order valence-corrected chi connectivity index (χ2v) is 39.5. The number of aryl methyl sites for hydroxylation is 2. The van der Waals surface area contributed by atoms with E-state index < -0.39 is 0 Å². The van der Waals surface area contributed by atoms with E-state index in [2.05, 4.69) is 484 Å². The summed E-state index contributed by atoms with van der Waals surface area (Å²) in [6, 6.07) is 166. The zero-order valence-corrected chi connectivity index (χ0v) is 77.2. The Labute approximate surface area is 814 Å². The van der Waals surface area contributed by atoms with Crippen LogP contribution in [-0.2, 0) is 0 Å². The maximum Gasteiger partial charge on any atom is 0.333 e. The predicted octanol–water partition coefficient (Wildman–Crippen LogP) is 30.4. The fourth-order valence-corrected chi connectivity index (χ4v) is 26.6. The first-order valence-electron chi connectivity index (χ1n) is 48.6. The molecule has 648 valence electrons. The molecule has 0 unspecified atom stereocenters. The van der Waals surface area contributed by atoms with Gasteiger partial charge in [-0.3, -0.25) is 0 Å². The summed E-state index contributed by atoms with van der Waals surface area (Å²) in [4.78, 5) is 15.4. The van der Waals surface area contributed by atoms with Gasteiger partial charge in [0, 0.05) is 160 Å². The van der Waals surface area contributed by atoms with Crippen LogP contribution in [0, 0.1) is 13.8 Å². The molecule has 3 aromatic heterocycles. The highest BCUT2D eigenvalue weighted by Gasteiger charge is 2.53. The number of furan rings is 1. The van der Waals surface area contributed by atoms with Gasteiger partial charge in [-0.1, -0.05) is 290 Å². The van der Waals surface area contributed by atoms with Crippen LogP contribution in [0.4, 0.5) is 85.3 Å². The van der Waals surface area contributed by atoms with E-state index in [1.165, 1.54) is 249 Å². The Kier molecular flexibility index (Phi) is 16.4. The molecular formula is C128H80B3N7OS. The van der Waals surface area contributed by atoms with Crippen molar-refractivity contribution in [3.8, 4) is 94.7 Å². The van der Waals surface area contributed by atoms with E-state index in [1.54, 1.807) is 0 Å². The van der Waals surface area contributed by atoms with Crippen LogP contribution in [0.15, 0.2) is 453 Å². The van der Waals surface area contributed by atoms with Gasteiger partial charge in [0.1, 0.15) is 11.2 Å². The average Bonchev–Trinajstić information content (AvgIpc) is 0.849. The van der Waals surface area contributed by atoms with Gasteiger partial charge >= 0.3 is 20.5 Å². The van der Waals surface area contributed by atoms with Crippen LogP contribution in [0.3, 0.4) is 0 Å². The average molecular weight is 1800 g/mol. The largest absolute Gasteiger partial charge is 0.456 e. The predicted molar refractivity (Wildman–Crippen MR) is 592 cm³/mol. The number of para-hydroxylation sites is 6. The molecule has 0 saturated heterocycles. The van der Waals surface area contributed by atoms with Gasteiger partial charge < -0.3 is 38.1 Å². The maximum atomic E-state index is 6.20. The Hall–Kier alpha value is -17.6. The second kappa shape index (κ2) is 29.5. The lowest BCUT2D eigenvalue weighted by molar-refractivity contribution is 0.669. The number of anilines is 15.